The van der Waals surface area contributed by atoms with Crippen molar-refractivity contribution in [1.29, 1.82) is 0 Å². The molecule has 90 valence electrons. The van der Waals surface area contributed by atoms with Gasteiger partial charge in [-0.15, -0.1) is 0 Å². The molecule has 0 spiro atoms. The summed E-state index contributed by atoms with van der Waals surface area (Å²) >= 11 is 0. The van der Waals surface area contributed by atoms with Crippen LogP contribution in [-0.4, -0.2) is 13.1 Å². The Balaban J connectivity index is 3.22. The summed E-state index contributed by atoms with van der Waals surface area (Å²) in [5, 5.41) is 2.94. The predicted molar refractivity (Wildman–Crippen MR) is 56.5 cm³/mol. The molecule has 4 heteroatoms. The molecule has 0 bridgehead atoms. The fourth-order valence-corrected chi connectivity index (χ4v) is 1.22. The molecule has 0 saturated carbocycles. The summed E-state index contributed by atoms with van der Waals surface area (Å²) in [5.74, 6) is -0.601. The second-order valence-electron chi connectivity index (χ2n) is 4.05. The van der Waals surface area contributed by atoms with Crippen LogP contribution in [0.3, 0.4) is 0 Å². The first-order valence-corrected chi connectivity index (χ1v) is 5.44. The quantitative estimate of drug-likeness (QED) is 0.616. The molecular weight excluding hydrogens is 203 g/mol. The van der Waals surface area contributed by atoms with Crippen molar-refractivity contribution in [2.75, 3.05) is 13.1 Å². The first kappa shape index (κ1) is 14.5. The Bertz CT molecular complexity index is 186. The molecule has 0 aliphatic heterocycles. The summed E-state index contributed by atoms with van der Waals surface area (Å²) in [6, 6.07) is 0. The van der Waals surface area contributed by atoms with Crippen molar-refractivity contribution in [3.05, 3.63) is 11.9 Å². The maximum absolute atomic E-state index is 12.3. The third kappa shape index (κ3) is 9.79. The smallest absolute Gasteiger partial charge is 0.301 e. The zero-order valence-electron chi connectivity index (χ0n) is 9.45. The van der Waals surface area contributed by atoms with Gasteiger partial charge in [0.25, 0.3) is 0 Å². The third-order valence-electron chi connectivity index (χ3n) is 2.11. The lowest BCUT2D eigenvalue weighted by atomic mass is 10.1. The van der Waals surface area contributed by atoms with Gasteiger partial charge >= 0.3 is 6.08 Å². The van der Waals surface area contributed by atoms with E-state index in [0.29, 0.717) is 5.92 Å². The Morgan fingerprint density at radius 3 is 2.27 bits per heavy atom. The lowest BCUT2D eigenvalue weighted by molar-refractivity contribution is 0.368. The first-order valence-electron chi connectivity index (χ1n) is 5.44. The highest BCUT2D eigenvalue weighted by molar-refractivity contribution is 4.91. The van der Waals surface area contributed by atoms with E-state index in [1.165, 1.54) is 6.42 Å². The molecule has 0 aliphatic rings. The Hall–Kier alpha value is -0.510. The second-order valence-corrected chi connectivity index (χ2v) is 4.05. The van der Waals surface area contributed by atoms with Crippen LogP contribution in [0.5, 0.6) is 0 Å². The molecule has 0 atom stereocenters. The van der Waals surface area contributed by atoms with E-state index in [-0.39, 0.29) is 13.0 Å². The van der Waals surface area contributed by atoms with Gasteiger partial charge in [0.05, 0.1) is 0 Å². The van der Waals surface area contributed by atoms with E-state index in [9.17, 15) is 13.2 Å². The molecule has 1 nitrogen and oxygen atoms in total. The Morgan fingerprint density at radius 2 is 1.73 bits per heavy atom. The van der Waals surface area contributed by atoms with E-state index in [2.05, 4.69) is 19.2 Å². The fraction of sp³-hybridized carbons (Fsp3) is 0.818. The molecule has 15 heavy (non-hydrogen) atoms. The summed E-state index contributed by atoms with van der Waals surface area (Å²) in [5.41, 5.74) is 0. The highest BCUT2D eigenvalue weighted by Crippen LogP contribution is 2.11. The number of hydrogen-bond acceptors (Lipinski definition) is 1. The molecule has 0 aromatic heterocycles. The van der Waals surface area contributed by atoms with Crippen LogP contribution in [0.25, 0.3) is 0 Å². The molecule has 0 aromatic carbocycles. The van der Waals surface area contributed by atoms with Crippen LogP contribution in [0.4, 0.5) is 13.2 Å². The fourth-order valence-electron chi connectivity index (χ4n) is 1.22. The van der Waals surface area contributed by atoms with Gasteiger partial charge in [-0.05, 0) is 18.9 Å². The summed E-state index contributed by atoms with van der Waals surface area (Å²) in [6.07, 6.45) is 0.903. The SMILES string of the molecule is CC(C)CCCCNCCC(F)=C(F)F. The molecular formula is C11H20F3N. The summed E-state index contributed by atoms with van der Waals surface area (Å²) in [4.78, 5) is 0. The zero-order chi connectivity index (χ0) is 11.7. The number of rotatable bonds is 8. The summed E-state index contributed by atoms with van der Waals surface area (Å²) in [6.45, 7) is 5.38. The van der Waals surface area contributed by atoms with Gasteiger partial charge in [0, 0.05) is 13.0 Å². The van der Waals surface area contributed by atoms with E-state index in [1.807, 2.05) is 0 Å². The standard InChI is InChI=1S/C11H20F3N/c1-9(2)5-3-4-7-15-8-6-10(12)11(13)14/h9,15H,3-8H2,1-2H3. The van der Waals surface area contributed by atoms with E-state index < -0.39 is 11.9 Å². The van der Waals surface area contributed by atoms with Crippen LogP contribution in [0.15, 0.2) is 11.9 Å². The molecule has 0 rings (SSSR count). The van der Waals surface area contributed by atoms with Crippen molar-refractivity contribution < 1.29 is 13.2 Å². The van der Waals surface area contributed by atoms with Crippen molar-refractivity contribution in [2.45, 2.75) is 39.5 Å². The maximum atomic E-state index is 12.3. The average Bonchev–Trinajstić information content (AvgIpc) is 2.15. The lowest BCUT2D eigenvalue weighted by Gasteiger charge is -2.05. The van der Waals surface area contributed by atoms with Crippen molar-refractivity contribution in [1.82, 2.24) is 5.32 Å². The highest BCUT2D eigenvalue weighted by Gasteiger charge is 2.03. The topological polar surface area (TPSA) is 12.0 Å². The highest BCUT2D eigenvalue weighted by atomic mass is 19.3. The van der Waals surface area contributed by atoms with Gasteiger partial charge in [-0.3, -0.25) is 0 Å². The Morgan fingerprint density at radius 1 is 1.07 bits per heavy atom. The lowest BCUT2D eigenvalue weighted by Crippen LogP contribution is -2.16. The molecule has 1 N–H and O–H groups in total. The van der Waals surface area contributed by atoms with Crippen molar-refractivity contribution in [3.8, 4) is 0 Å². The van der Waals surface area contributed by atoms with Gasteiger partial charge in [0.15, 0.2) is 5.83 Å². The van der Waals surface area contributed by atoms with Gasteiger partial charge in [0.2, 0.25) is 0 Å². The van der Waals surface area contributed by atoms with Crippen molar-refractivity contribution in [3.63, 3.8) is 0 Å². The molecule has 0 radical (unpaired) electrons. The minimum Gasteiger partial charge on any atom is -0.316 e. The molecule has 0 amide bonds. The van der Waals surface area contributed by atoms with Crippen LogP contribution < -0.4 is 5.32 Å². The van der Waals surface area contributed by atoms with E-state index >= 15 is 0 Å². The maximum Gasteiger partial charge on any atom is 0.301 e. The van der Waals surface area contributed by atoms with Gasteiger partial charge in [-0.25, -0.2) is 4.39 Å². The van der Waals surface area contributed by atoms with Crippen LogP contribution >= 0.6 is 0 Å². The van der Waals surface area contributed by atoms with Crippen LogP contribution in [-0.2, 0) is 0 Å². The average molecular weight is 223 g/mol. The first-order chi connectivity index (χ1) is 7.04. The van der Waals surface area contributed by atoms with Crippen LogP contribution in [0.2, 0.25) is 0 Å². The monoisotopic (exact) mass is 223 g/mol. The van der Waals surface area contributed by atoms with E-state index in [0.717, 1.165) is 19.4 Å². The van der Waals surface area contributed by atoms with Crippen LogP contribution in [0, 0.1) is 5.92 Å². The minimum atomic E-state index is -2.20. The van der Waals surface area contributed by atoms with Crippen LogP contribution in [0.1, 0.15) is 39.5 Å². The molecule has 0 aliphatic carbocycles. The van der Waals surface area contributed by atoms with Gasteiger partial charge in [-0.2, -0.15) is 8.78 Å². The number of nitrogens with one attached hydrogen (secondary N) is 1. The third-order valence-corrected chi connectivity index (χ3v) is 2.11. The zero-order valence-corrected chi connectivity index (χ0v) is 9.45. The van der Waals surface area contributed by atoms with Crippen molar-refractivity contribution in [2.24, 2.45) is 5.92 Å². The van der Waals surface area contributed by atoms with Crippen molar-refractivity contribution >= 4 is 0 Å². The summed E-state index contributed by atoms with van der Waals surface area (Å²) < 4.78 is 35.5. The Labute approximate surface area is 89.7 Å². The van der Waals surface area contributed by atoms with E-state index in [1.54, 1.807) is 0 Å². The number of unbranched alkanes of at least 4 members (excludes halogenated alkanes) is 1. The predicted octanol–water partition coefficient (Wildman–Crippen LogP) is 3.87. The molecule has 0 fully saturated rings. The minimum absolute atomic E-state index is 0.216. The molecule has 0 unspecified atom stereocenters. The second kappa shape index (κ2) is 8.77. The molecule has 0 saturated heterocycles. The van der Waals surface area contributed by atoms with Gasteiger partial charge in [0.1, 0.15) is 0 Å². The van der Waals surface area contributed by atoms with E-state index in [4.69, 9.17) is 0 Å². The largest absolute Gasteiger partial charge is 0.316 e. The molecule has 0 heterocycles. The number of halogens is 3. The Kier molecular flexibility index (Phi) is 8.47. The normalized spacial score (nSPS) is 10.8. The van der Waals surface area contributed by atoms with Gasteiger partial charge in [-0.1, -0.05) is 26.7 Å². The molecule has 0 aromatic rings. The van der Waals surface area contributed by atoms with Gasteiger partial charge < -0.3 is 5.32 Å². The summed E-state index contributed by atoms with van der Waals surface area (Å²) in [7, 11) is 0. The number of hydrogen-bond donors (Lipinski definition) is 1.